The van der Waals surface area contributed by atoms with E-state index in [1.807, 2.05) is 6.07 Å². The van der Waals surface area contributed by atoms with Crippen molar-refractivity contribution in [3.8, 4) is 0 Å². The van der Waals surface area contributed by atoms with Crippen LogP contribution >= 0.6 is 11.8 Å². The zero-order valence-corrected chi connectivity index (χ0v) is 13.4. The molecule has 0 fully saturated rings. The molecule has 118 valence electrons. The lowest BCUT2D eigenvalue weighted by atomic mass is 10.1. The lowest BCUT2D eigenvalue weighted by Crippen LogP contribution is -2.28. The van der Waals surface area contributed by atoms with Crippen LogP contribution < -0.4 is 10.4 Å². The fourth-order valence-electron chi connectivity index (χ4n) is 1.87. The molecule has 0 aliphatic heterocycles. The van der Waals surface area contributed by atoms with E-state index >= 15 is 0 Å². The molecule has 1 unspecified atom stereocenters. The van der Waals surface area contributed by atoms with E-state index < -0.39 is 11.2 Å². The van der Waals surface area contributed by atoms with Crippen molar-refractivity contribution in [3.05, 3.63) is 72.3 Å². The average molecular weight is 326 g/mol. The van der Waals surface area contributed by atoms with E-state index in [2.05, 4.69) is 11.9 Å². The molecule has 1 atom stereocenters. The van der Waals surface area contributed by atoms with Crippen LogP contribution in [0.5, 0.6) is 0 Å². The molecule has 2 rings (SSSR count). The molecule has 2 aromatic carbocycles. The second-order valence-electron chi connectivity index (χ2n) is 4.99. The monoisotopic (exact) mass is 326 g/mol. The van der Waals surface area contributed by atoms with Gasteiger partial charge in [0.05, 0.1) is 11.2 Å². The van der Waals surface area contributed by atoms with Crippen LogP contribution in [0.3, 0.4) is 0 Å². The molecule has 0 aromatic heterocycles. The van der Waals surface area contributed by atoms with Crippen molar-refractivity contribution in [2.75, 3.05) is 5.32 Å². The quantitative estimate of drug-likeness (QED) is 0.654. The van der Waals surface area contributed by atoms with Gasteiger partial charge in [0.2, 0.25) is 0 Å². The highest BCUT2D eigenvalue weighted by atomic mass is 32.2. The average Bonchev–Trinajstić information content (AvgIpc) is 2.54. The Morgan fingerprint density at radius 1 is 1.09 bits per heavy atom. The van der Waals surface area contributed by atoms with E-state index in [1.54, 1.807) is 55.5 Å². The number of rotatable bonds is 6. The lowest BCUT2D eigenvalue weighted by Gasteiger charge is -2.18. The van der Waals surface area contributed by atoms with Crippen LogP contribution in [0.2, 0.25) is 0 Å². The fraction of sp³-hybridized carbons (Fsp3) is 0.111. The largest absolute Gasteiger partial charge is 0.549 e. The molecule has 0 saturated carbocycles. The van der Waals surface area contributed by atoms with Crippen LogP contribution in [0.15, 0.2) is 71.6 Å². The van der Waals surface area contributed by atoms with Gasteiger partial charge < -0.3 is 15.2 Å². The summed E-state index contributed by atoms with van der Waals surface area (Å²) in [7, 11) is 0. The highest BCUT2D eigenvalue weighted by Gasteiger charge is 2.14. The Morgan fingerprint density at radius 3 is 2.22 bits per heavy atom. The maximum absolute atomic E-state index is 11.5. The van der Waals surface area contributed by atoms with Gasteiger partial charge in [-0.2, -0.15) is 0 Å². The normalized spacial score (nSPS) is 11.5. The first-order valence-corrected chi connectivity index (χ1v) is 7.84. The Bertz CT molecular complexity index is 711. The van der Waals surface area contributed by atoms with Crippen LogP contribution in [0, 0.1) is 0 Å². The third kappa shape index (κ3) is 4.72. The third-order valence-electron chi connectivity index (χ3n) is 3.07. The summed E-state index contributed by atoms with van der Waals surface area (Å²) in [6.07, 6.45) is 0. The Labute approximate surface area is 139 Å². The van der Waals surface area contributed by atoms with Crippen LogP contribution in [-0.2, 0) is 9.59 Å². The number of nitrogens with one attached hydrogen (secondary N) is 1. The highest BCUT2D eigenvalue weighted by molar-refractivity contribution is 8.00. The lowest BCUT2D eigenvalue weighted by molar-refractivity contribution is -0.305. The molecule has 0 saturated heterocycles. The molecule has 2 aromatic rings. The fourth-order valence-corrected chi connectivity index (χ4v) is 2.83. The SMILES string of the molecule is C=C(C)C(=O)Nc1ccc(SC(C(=O)[O-])c2ccccc2)cc1. The van der Waals surface area contributed by atoms with Gasteiger partial charge in [0.25, 0.3) is 5.91 Å². The number of hydrogen-bond donors (Lipinski definition) is 1. The number of carboxylic acids is 1. The van der Waals surface area contributed by atoms with E-state index in [9.17, 15) is 14.7 Å². The molecule has 5 heteroatoms. The number of aliphatic carboxylic acids is 1. The predicted octanol–water partition coefficient (Wildman–Crippen LogP) is 2.78. The number of anilines is 1. The first-order valence-electron chi connectivity index (χ1n) is 6.97. The molecule has 0 aliphatic carbocycles. The molecule has 0 aliphatic rings. The molecule has 4 nitrogen and oxygen atoms in total. The van der Waals surface area contributed by atoms with Crippen LogP contribution in [-0.4, -0.2) is 11.9 Å². The van der Waals surface area contributed by atoms with Gasteiger partial charge in [-0.1, -0.05) is 36.9 Å². The van der Waals surface area contributed by atoms with E-state index in [4.69, 9.17) is 0 Å². The molecule has 23 heavy (non-hydrogen) atoms. The summed E-state index contributed by atoms with van der Waals surface area (Å²) in [4.78, 5) is 23.7. The highest BCUT2D eigenvalue weighted by Crippen LogP contribution is 2.35. The van der Waals surface area contributed by atoms with Crippen molar-refractivity contribution in [2.45, 2.75) is 17.1 Å². The minimum absolute atomic E-state index is 0.248. The number of benzene rings is 2. The molecular formula is C18H16NO3S-. The minimum Gasteiger partial charge on any atom is -0.549 e. The van der Waals surface area contributed by atoms with E-state index in [-0.39, 0.29) is 5.91 Å². The molecule has 0 bridgehead atoms. The maximum atomic E-state index is 11.5. The van der Waals surface area contributed by atoms with Gasteiger partial charge in [0.15, 0.2) is 0 Å². The number of carbonyl (C=O) groups is 2. The number of carboxylic acid groups (broad SMARTS) is 1. The Balaban J connectivity index is 2.11. The zero-order chi connectivity index (χ0) is 16.8. The molecule has 1 N–H and O–H groups in total. The summed E-state index contributed by atoms with van der Waals surface area (Å²) < 4.78 is 0. The summed E-state index contributed by atoms with van der Waals surface area (Å²) in [5.74, 6) is -1.39. The van der Waals surface area contributed by atoms with Crippen molar-refractivity contribution in [1.82, 2.24) is 0 Å². The molecule has 0 radical (unpaired) electrons. The van der Waals surface area contributed by atoms with Gasteiger partial charge in [-0.25, -0.2) is 0 Å². The van der Waals surface area contributed by atoms with Crippen LogP contribution in [0.25, 0.3) is 0 Å². The van der Waals surface area contributed by atoms with Crippen molar-refractivity contribution >= 4 is 29.3 Å². The van der Waals surface area contributed by atoms with Crippen molar-refractivity contribution in [2.24, 2.45) is 0 Å². The number of amides is 1. The van der Waals surface area contributed by atoms with Crippen molar-refractivity contribution in [3.63, 3.8) is 0 Å². The van der Waals surface area contributed by atoms with E-state index in [0.29, 0.717) is 16.8 Å². The van der Waals surface area contributed by atoms with Crippen molar-refractivity contribution < 1.29 is 14.7 Å². The van der Waals surface area contributed by atoms with Gasteiger partial charge in [-0.05, 0) is 36.8 Å². The smallest absolute Gasteiger partial charge is 0.250 e. The molecule has 0 heterocycles. The first-order chi connectivity index (χ1) is 11.0. The molecular weight excluding hydrogens is 310 g/mol. The van der Waals surface area contributed by atoms with Gasteiger partial charge in [-0.3, -0.25) is 4.79 Å². The zero-order valence-electron chi connectivity index (χ0n) is 12.6. The second kappa shape index (κ2) is 7.65. The van der Waals surface area contributed by atoms with E-state index in [1.165, 1.54) is 11.8 Å². The third-order valence-corrected chi connectivity index (χ3v) is 4.31. The standard InChI is InChI=1S/C18H17NO3S/c1-12(2)17(20)19-14-8-10-15(11-9-14)23-16(18(21)22)13-6-4-3-5-7-13/h3-11,16H,1H2,2H3,(H,19,20)(H,21,22)/p-1. The summed E-state index contributed by atoms with van der Waals surface area (Å²) >= 11 is 1.19. The summed E-state index contributed by atoms with van der Waals surface area (Å²) in [6.45, 7) is 5.20. The minimum atomic E-state index is -1.14. The first kappa shape index (κ1) is 16.8. The number of carbonyl (C=O) groups excluding carboxylic acids is 2. The van der Waals surface area contributed by atoms with Crippen LogP contribution in [0.1, 0.15) is 17.7 Å². The topological polar surface area (TPSA) is 69.2 Å². The second-order valence-corrected chi connectivity index (χ2v) is 6.16. The van der Waals surface area contributed by atoms with E-state index in [0.717, 1.165) is 4.90 Å². The maximum Gasteiger partial charge on any atom is 0.250 e. The predicted molar refractivity (Wildman–Crippen MR) is 89.9 cm³/mol. The number of thioether (sulfide) groups is 1. The Morgan fingerprint density at radius 2 is 1.70 bits per heavy atom. The van der Waals surface area contributed by atoms with Gasteiger partial charge >= 0.3 is 0 Å². The van der Waals surface area contributed by atoms with Crippen LogP contribution in [0.4, 0.5) is 5.69 Å². The Kier molecular flexibility index (Phi) is 5.60. The summed E-state index contributed by atoms with van der Waals surface area (Å²) in [5.41, 5.74) is 1.73. The summed E-state index contributed by atoms with van der Waals surface area (Å²) in [5, 5.41) is 13.3. The van der Waals surface area contributed by atoms with Gasteiger partial charge in [0.1, 0.15) is 0 Å². The van der Waals surface area contributed by atoms with Gasteiger partial charge in [-0.15, -0.1) is 11.8 Å². The Hall–Kier alpha value is -2.53. The number of hydrogen-bond acceptors (Lipinski definition) is 4. The van der Waals surface area contributed by atoms with Gasteiger partial charge in [0, 0.05) is 16.2 Å². The molecule has 0 spiro atoms. The summed E-state index contributed by atoms with van der Waals surface area (Å²) in [6, 6.07) is 15.9. The molecule has 1 amide bonds. The van der Waals surface area contributed by atoms with Crippen molar-refractivity contribution in [1.29, 1.82) is 0 Å².